The molecule has 2 atom stereocenters. The molecule has 5 nitrogen and oxygen atoms in total. The van der Waals surface area contributed by atoms with Crippen LogP contribution in [0.25, 0.3) is 0 Å². The molecule has 0 aromatic carbocycles. The lowest BCUT2D eigenvalue weighted by Gasteiger charge is -2.39. The van der Waals surface area contributed by atoms with Crippen molar-refractivity contribution in [3.05, 3.63) is 0 Å². The van der Waals surface area contributed by atoms with E-state index >= 15 is 0 Å². The second kappa shape index (κ2) is 8.16. The Morgan fingerprint density at radius 3 is 2.64 bits per heavy atom. The molecule has 0 amide bonds. The predicted octanol–water partition coefficient (Wildman–Crippen LogP) is 1.84. The molecule has 0 spiro atoms. The highest BCUT2D eigenvalue weighted by molar-refractivity contribution is 5.80. The predicted molar refractivity (Wildman–Crippen MR) is 92.4 cm³/mol. The summed E-state index contributed by atoms with van der Waals surface area (Å²) >= 11 is 0. The van der Waals surface area contributed by atoms with Crippen LogP contribution in [0.5, 0.6) is 0 Å². The number of nitrogens with zero attached hydrogens (tertiary/aromatic N) is 2. The van der Waals surface area contributed by atoms with Gasteiger partial charge in [-0.25, -0.2) is 0 Å². The molecule has 2 N–H and O–H groups in total. The molecule has 2 rings (SSSR count). The molecule has 1 aliphatic heterocycles. The second-order valence-electron chi connectivity index (χ2n) is 7.14. The van der Waals surface area contributed by atoms with Gasteiger partial charge in [0.05, 0.1) is 19.8 Å². The van der Waals surface area contributed by atoms with Crippen molar-refractivity contribution in [1.29, 1.82) is 0 Å². The van der Waals surface area contributed by atoms with E-state index in [4.69, 9.17) is 9.73 Å². The summed E-state index contributed by atoms with van der Waals surface area (Å²) in [5.74, 6) is 1.83. The monoisotopic (exact) mass is 310 g/mol. The molecule has 2 aliphatic rings. The van der Waals surface area contributed by atoms with E-state index < -0.39 is 0 Å². The van der Waals surface area contributed by atoms with Gasteiger partial charge in [0.2, 0.25) is 0 Å². The zero-order valence-electron chi connectivity index (χ0n) is 14.8. The average molecular weight is 310 g/mol. The Hall–Kier alpha value is -0.810. The quantitative estimate of drug-likeness (QED) is 0.556. The van der Waals surface area contributed by atoms with Gasteiger partial charge in [-0.15, -0.1) is 0 Å². The first-order valence-electron chi connectivity index (χ1n) is 8.94. The molecule has 5 heteroatoms. The third-order valence-electron chi connectivity index (χ3n) is 4.74. The summed E-state index contributed by atoms with van der Waals surface area (Å²) in [5, 5.41) is 6.99. The topological polar surface area (TPSA) is 48.9 Å². The maximum atomic E-state index is 5.45. The summed E-state index contributed by atoms with van der Waals surface area (Å²) in [6, 6.07) is 0.629. The van der Waals surface area contributed by atoms with Crippen molar-refractivity contribution in [3.8, 4) is 0 Å². The van der Waals surface area contributed by atoms with Crippen molar-refractivity contribution in [1.82, 2.24) is 15.5 Å². The zero-order valence-corrected chi connectivity index (χ0v) is 14.8. The number of rotatable bonds is 7. The van der Waals surface area contributed by atoms with Crippen LogP contribution >= 0.6 is 0 Å². The van der Waals surface area contributed by atoms with Gasteiger partial charge in [0.25, 0.3) is 0 Å². The summed E-state index contributed by atoms with van der Waals surface area (Å²) in [6.45, 7) is 14.4. The Bertz CT molecular complexity index is 364. The van der Waals surface area contributed by atoms with Gasteiger partial charge in [-0.1, -0.05) is 13.3 Å². The number of hydrogen-bond acceptors (Lipinski definition) is 3. The van der Waals surface area contributed by atoms with Gasteiger partial charge in [0, 0.05) is 31.2 Å². The van der Waals surface area contributed by atoms with Gasteiger partial charge in [0.15, 0.2) is 5.96 Å². The highest BCUT2D eigenvalue weighted by atomic mass is 16.5. The summed E-state index contributed by atoms with van der Waals surface area (Å²) in [5.41, 5.74) is 0.0818. The van der Waals surface area contributed by atoms with Gasteiger partial charge in [-0.3, -0.25) is 9.89 Å². The maximum Gasteiger partial charge on any atom is 0.191 e. The van der Waals surface area contributed by atoms with Crippen molar-refractivity contribution >= 4 is 5.96 Å². The maximum absolute atomic E-state index is 5.45. The van der Waals surface area contributed by atoms with E-state index in [-0.39, 0.29) is 5.54 Å². The van der Waals surface area contributed by atoms with E-state index in [0.29, 0.717) is 6.04 Å². The minimum atomic E-state index is 0.0818. The first-order chi connectivity index (χ1) is 10.6. The van der Waals surface area contributed by atoms with E-state index in [2.05, 4.69) is 43.2 Å². The van der Waals surface area contributed by atoms with E-state index in [1.165, 1.54) is 19.3 Å². The van der Waals surface area contributed by atoms with Gasteiger partial charge in [0.1, 0.15) is 0 Å². The summed E-state index contributed by atoms with van der Waals surface area (Å²) in [4.78, 5) is 7.33. The number of morpholine rings is 1. The van der Waals surface area contributed by atoms with Crippen LogP contribution in [-0.2, 0) is 4.74 Å². The third-order valence-corrected chi connectivity index (χ3v) is 4.74. The molecule has 1 saturated carbocycles. The standard InChI is InChI=1S/C17H34N4O/c1-5-7-14-12-15(14)20-16(18-6-2)19-13-17(3,4)21-8-10-22-11-9-21/h14-15H,5-13H2,1-4H3,(H2,18,19,20). The highest BCUT2D eigenvalue weighted by Gasteiger charge is 2.36. The molecule has 1 saturated heterocycles. The fraction of sp³-hybridized carbons (Fsp3) is 0.941. The molecule has 0 radical (unpaired) electrons. The lowest BCUT2D eigenvalue weighted by Crippen LogP contribution is -2.52. The second-order valence-corrected chi connectivity index (χ2v) is 7.14. The zero-order chi connectivity index (χ0) is 16.0. The fourth-order valence-electron chi connectivity index (χ4n) is 3.15. The minimum Gasteiger partial charge on any atom is -0.379 e. The van der Waals surface area contributed by atoms with Crippen molar-refractivity contribution in [2.45, 2.75) is 58.5 Å². The van der Waals surface area contributed by atoms with Crippen LogP contribution < -0.4 is 10.6 Å². The number of hydrogen-bond donors (Lipinski definition) is 2. The van der Waals surface area contributed by atoms with Gasteiger partial charge < -0.3 is 15.4 Å². The number of ether oxygens (including phenoxy) is 1. The van der Waals surface area contributed by atoms with Gasteiger partial charge in [-0.2, -0.15) is 0 Å². The molecule has 1 aliphatic carbocycles. The molecule has 0 bridgehead atoms. The minimum absolute atomic E-state index is 0.0818. The summed E-state index contributed by atoms with van der Waals surface area (Å²) in [6.07, 6.45) is 3.90. The molecule has 2 unspecified atom stereocenters. The van der Waals surface area contributed by atoms with Crippen LogP contribution in [0.2, 0.25) is 0 Å². The number of nitrogens with one attached hydrogen (secondary N) is 2. The Labute approximate surface area is 135 Å². The molecular weight excluding hydrogens is 276 g/mol. The van der Waals surface area contributed by atoms with Crippen molar-refractivity contribution < 1.29 is 4.74 Å². The van der Waals surface area contributed by atoms with Crippen LogP contribution in [0.3, 0.4) is 0 Å². The molecule has 2 fully saturated rings. The average Bonchev–Trinajstić information content (AvgIpc) is 3.24. The molecular formula is C17H34N4O. The van der Waals surface area contributed by atoms with Crippen LogP contribution in [0.1, 0.15) is 47.0 Å². The Morgan fingerprint density at radius 1 is 1.27 bits per heavy atom. The molecule has 0 aromatic heterocycles. The van der Waals surface area contributed by atoms with Gasteiger partial charge >= 0.3 is 0 Å². The summed E-state index contributed by atoms with van der Waals surface area (Å²) in [7, 11) is 0. The molecule has 22 heavy (non-hydrogen) atoms. The fourth-order valence-corrected chi connectivity index (χ4v) is 3.15. The number of aliphatic imine (C=N–C) groups is 1. The third kappa shape index (κ3) is 5.13. The first-order valence-corrected chi connectivity index (χ1v) is 8.94. The van der Waals surface area contributed by atoms with Crippen LogP contribution in [0.15, 0.2) is 4.99 Å². The first kappa shape index (κ1) is 17.5. The Balaban J connectivity index is 1.85. The molecule has 0 aromatic rings. The van der Waals surface area contributed by atoms with Crippen LogP contribution in [0, 0.1) is 5.92 Å². The number of guanidine groups is 1. The van der Waals surface area contributed by atoms with E-state index in [0.717, 1.165) is 51.3 Å². The lowest BCUT2D eigenvalue weighted by molar-refractivity contribution is -0.00683. The van der Waals surface area contributed by atoms with E-state index in [1.807, 2.05) is 0 Å². The molecule has 128 valence electrons. The van der Waals surface area contributed by atoms with E-state index in [1.54, 1.807) is 0 Å². The highest BCUT2D eigenvalue weighted by Crippen LogP contribution is 2.34. The Morgan fingerprint density at radius 2 is 2.00 bits per heavy atom. The van der Waals surface area contributed by atoms with E-state index in [9.17, 15) is 0 Å². The largest absolute Gasteiger partial charge is 0.379 e. The van der Waals surface area contributed by atoms with Crippen LogP contribution in [-0.4, -0.2) is 61.8 Å². The molecule has 1 heterocycles. The smallest absolute Gasteiger partial charge is 0.191 e. The van der Waals surface area contributed by atoms with Gasteiger partial charge in [-0.05, 0) is 39.5 Å². The van der Waals surface area contributed by atoms with Crippen molar-refractivity contribution in [2.24, 2.45) is 10.9 Å². The van der Waals surface area contributed by atoms with Crippen molar-refractivity contribution in [2.75, 3.05) is 39.4 Å². The SMILES string of the molecule is CCCC1CC1NC(=NCC(C)(C)N1CCOCC1)NCC. The normalized spacial score (nSPS) is 26.8. The van der Waals surface area contributed by atoms with Crippen molar-refractivity contribution in [3.63, 3.8) is 0 Å². The Kier molecular flexibility index (Phi) is 6.50. The lowest BCUT2D eigenvalue weighted by atomic mass is 10.0. The summed E-state index contributed by atoms with van der Waals surface area (Å²) < 4.78 is 5.45. The van der Waals surface area contributed by atoms with Crippen LogP contribution in [0.4, 0.5) is 0 Å².